The number of carbonyl (C=O) groups is 3. The number of rotatable bonds is 28. The van der Waals surface area contributed by atoms with Gasteiger partial charge in [0.25, 0.3) is 0 Å². The Hall–Kier alpha value is -1.89. The van der Waals surface area contributed by atoms with E-state index in [4.69, 9.17) is 0 Å². The molecule has 0 aliphatic heterocycles. The standard InChI is InChI=1S/C33H61NO6/c1-5-6-7-8-9-10-11-12-13-14-15-16-17-18-19-20-21-22-23-24-25-26-27-34(28(2)31(35)36,29(3)32(37)38)30(4)33(39)40/h5-6,28-30H,7-27H2,1-4H3,(H2-,35,36,37,38,39,40)/b6-5+. The number of carboxylic acid groups (broad SMARTS) is 3. The van der Waals surface area contributed by atoms with E-state index in [2.05, 4.69) is 19.1 Å². The molecule has 0 saturated carbocycles. The summed E-state index contributed by atoms with van der Waals surface area (Å²) < 4.78 is -0.537. The Kier molecular flexibility index (Phi) is 22.7. The molecule has 0 aliphatic carbocycles. The second-order valence-corrected chi connectivity index (χ2v) is 11.8. The minimum Gasteiger partial charge on any atom is -0.544 e. The predicted octanol–water partition coefficient (Wildman–Crippen LogP) is 7.27. The minimum absolute atomic E-state index is 0.188. The van der Waals surface area contributed by atoms with Gasteiger partial charge in [-0.15, -0.1) is 0 Å². The van der Waals surface area contributed by atoms with Crippen molar-refractivity contribution in [2.45, 2.75) is 174 Å². The van der Waals surface area contributed by atoms with Crippen molar-refractivity contribution in [1.82, 2.24) is 0 Å². The van der Waals surface area contributed by atoms with Gasteiger partial charge in [-0.1, -0.05) is 115 Å². The summed E-state index contributed by atoms with van der Waals surface area (Å²) in [5, 5.41) is 31.0. The van der Waals surface area contributed by atoms with Gasteiger partial charge >= 0.3 is 11.9 Å². The summed E-state index contributed by atoms with van der Waals surface area (Å²) in [5.41, 5.74) is 0. The van der Waals surface area contributed by atoms with Gasteiger partial charge in [-0.05, 0) is 53.4 Å². The molecule has 3 atom stereocenters. The normalized spacial score (nSPS) is 15.5. The van der Waals surface area contributed by atoms with E-state index in [-0.39, 0.29) is 6.54 Å². The average molecular weight is 568 g/mol. The highest BCUT2D eigenvalue weighted by Crippen LogP contribution is 2.27. The zero-order valence-corrected chi connectivity index (χ0v) is 26.2. The van der Waals surface area contributed by atoms with E-state index in [0.29, 0.717) is 6.42 Å². The van der Waals surface area contributed by atoms with Gasteiger partial charge in [-0.2, -0.15) is 0 Å². The first kappa shape index (κ1) is 38.1. The first-order valence-electron chi connectivity index (χ1n) is 16.3. The van der Waals surface area contributed by atoms with Crippen molar-refractivity contribution < 1.29 is 34.2 Å². The molecule has 2 N–H and O–H groups in total. The van der Waals surface area contributed by atoms with Crippen LogP contribution in [-0.2, 0) is 14.4 Å². The summed E-state index contributed by atoms with van der Waals surface area (Å²) in [6.07, 6.45) is 29.2. The highest BCUT2D eigenvalue weighted by molar-refractivity contribution is 5.76. The molecule has 0 saturated heterocycles. The first-order valence-corrected chi connectivity index (χ1v) is 16.3. The first-order chi connectivity index (χ1) is 19.1. The Morgan fingerprint density at radius 1 is 0.575 bits per heavy atom. The second kappa shape index (κ2) is 23.8. The van der Waals surface area contributed by atoms with Crippen molar-refractivity contribution in [1.29, 1.82) is 0 Å². The number of carboxylic acids is 3. The lowest BCUT2D eigenvalue weighted by Crippen LogP contribution is -2.72. The zero-order valence-electron chi connectivity index (χ0n) is 26.2. The average Bonchev–Trinajstić information content (AvgIpc) is 2.92. The quantitative estimate of drug-likeness (QED) is 0.0584. The Labute approximate surface area is 245 Å². The number of allylic oxidation sites excluding steroid dienone is 2. The third-order valence-electron chi connectivity index (χ3n) is 8.87. The van der Waals surface area contributed by atoms with Crippen LogP contribution < -0.4 is 5.11 Å². The van der Waals surface area contributed by atoms with E-state index >= 15 is 0 Å². The van der Waals surface area contributed by atoms with Crippen molar-refractivity contribution in [3.63, 3.8) is 0 Å². The fourth-order valence-corrected chi connectivity index (χ4v) is 6.01. The molecule has 0 aromatic heterocycles. The molecule has 7 nitrogen and oxygen atoms in total. The number of unbranched alkanes of at least 4 members (excludes halogenated alkanes) is 19. The third-order valence-corrected chi connectivity index (χ3v) is 8.87. The van der Waals surface area contributed by atoms with Gasteiger partial charge in [-0.3, -0.25) is 4.48 Å². The van der Waals surface area contributed by atoms with Gasteiger partial charge in [0.05, 0.1) is 12.5 Å². The second-order valence-electron chi connectivity index (χ2n) is 11.8. The summed E-state index contributed by atoms with van der Waals surface area (Å²) in [6, 6.07) is -3.55. The van der Waals surface area contributed by atoms with Gasteiger partial charge in [0, 0.05) is 0 Å². The molecule has 0 radical (unpaired) electrons. The Morgan fingerprint density at radius 3 is 1.15 bits per heavy atom. The van der Waals surface area contributed by atoms with Gasteiger partial charge in [0.1, 0.15) is 6.04 Å². The van der Waals surface area contributed by atoms with Crippen LogP contribution in [0.2, 0.25) is 0 Å². The number of quaternary nitrogens is 1. The molecule has 0 heterocycles. The molecule has 0 rings (SSSR count). The molecular weight excluding hydrogens is 506 g/mol. The molecule has 234 valence electrons. The Morgan fingerprint density at radius 2 is 0.875 bits per heavy atom. The molecular formula is C33H61NO6. The fourth-order valence-electron chi connectivity index (χ4n) is 6.01. The Bertz CT molecular complexity index is 657. The van der Waals surface area contributed by atoms with E-state index in [1.165, 1.54) is 124 Å². The van der Waals surface area contributed by atoms with Crippen LogP contribution in [0.15, 0.2) is 12.2 Å². The highest BCUT2D eigenvalue weighted by Gasteiger charge is 2.50. The third kappa shape index (κ3) is 15.8. The molecule has 0 aromatic rings. The molecule has 0 aromatic carbocycles. The van der Waals surface area contributed by atoms with Gasteiger partial charge in [0.15, 0.2) is 12.1 Å². The van der Waals surface area contributed by atoms with Crippen LogP contribution >= 0.6 is 0 Å². The van der Waals surface area contributed by atoms with Crippen molar-refractivity contribution in [2.75, 3.05) is 6.54 Å². The van der Waals surface area contributed by atoms with Crippen molar-refractivity contribution in [2.24, 2.45) is 0 Å². The lowest BCUT2D eigenvalue weighted by molar-refractivity contribution is -0.969. The van der Waals surface area contributed by atoms with Crippen LogP contribution in [0.5, 0.6) is 0 Å². The van der Waals surface area contributed by atoms with Crippen molar-refractivity contribution in [3.05, 3.63) is 12.2 Å². The smallest absolute Gasteiger partial charge is 0.362 e. The van der Waals surface area contributed by atoms with E-state index in [9.17, 15) is 29.7 Å². The number of carbonyl (C=O) groups excluding carboxylic acids is 1. The number of hydrogen-bond donors (Lipinski definition) is 2. The highest BCUT2D eigenvalue weighted by atomic mass is 16.4. The van der Waals surface area contributed by atoms with Crippen LogP contribution in [0.3, 0.4) is 0 Å². The van der Waals surface area contributed by atoms with Crippen LogP contribution in [-0.4, -0.2) is 57.3 Å². The Balaban J connectivity index is 3.94. The maximum absolute atomic E-state index is 11.8. The maximum atomic E-state index is 11.8. The number of nitrogens with zero attached hydrogens (tertiary/aromatic N) is 1. The van der Waals surface area contributed by atoms with Crippen LogP contribution in [0.1, 0.15) is 156 Å². The molecule has 0 spiro atoms. The lowest BCUT2D eigenvalue weighted by atomic mass is 9.99. The summed E-state index contributed by atoms with van der Waals surface area (Å²) in [7, 11) is 0. The van der Waals surface area contributed by atoms with Crippen LogP contribution in [0.4, 0.5) is 0 Å². The molecule has 7 heteroatoms. The van der Waals surface area contributed by atoms with Gasteiger partial charge in [-0.25, -0.2) is 9.59 Å². The summed E-state index contributed by atoms with van der Waals surface area (Å²) in [4.78, 5) is 35.3. The molecule has 0 amide bonds. The largest absolute Gasteiger partial charge is 0.544 e. The number of aliphatic carboxylic acids is 3. The van der Waals surface area contributed by atoms with E-state index < -0.39 is 40.5 Å². The summed E-state index contributed by atoms with van der Waals surface area (Å²) in [5.74, 6) is -3.81. The molecule has 3 unspecified atom stereocenters. The topological polar surface area (TPSA) is 115 Å². The zero-order chi connectivity index (χ0) is 30.2. The van der Waals surface area contributed by atoms with Crippen LogP contribution in [0, 0.1) is 0 Å². The van der Waals surface area contributed by atoms with E-state index in [1.54, 1.807) is 0 Å². The molecule has 40 heavy (non-hydrogen) atoms. The maximum Gasteiger partial charge on any atom is 0.362 e. The van der Waals surface area contributed by atoms with Gasteiger partial charge in [0.2, 0.25) is 0 Å². The SMILES string of the molecule is C/C=C/CCCCCCCCCCCCCCCCCCCCC[N+](C(C)C(=O)[O-])(C(C)C(=O)O)C(C)C(=O)O. The lowest BCUT2D eigenvalue weighted by Gasteiger charge is -2.49. The molecule has 0 bridgehead atoms. The van der Waals surface area contributed by atoms with Crippen LogP contribution in [0.25, 0.3) is 0 Å². The van der Waals surface area contributed by atoms with E-state index in [0.717, 1.165) is 19.3 Å². The number of hydrogen-bond acceptors (Lipinski definition) is 4. The van der Waals surface area contributed by atoms with Gasteiger partial charge < -0.3 is 20.1 Å². The molecule has 0 fully saturated rings. The van der Waals surface area contributed by atoms with Crippen molar-refractivity contribution in [3.8, 4) is 0 Å². The fraction of sp³-hybridized carbons (Fsp3) is 0.848. The molecule has 0 aliphatic rings. The summed E-state index contributed by atoms with van der Waals surface area (Å²) >= 11 is 0. The predicted molar refractivity (Wildman–Crippen MR) is 161 cm³/mol. The van der Waals surface area contributed by atoms with Crippen molar-refractivity contribution >= 4 is 17.9 Å². The van der Waals surface area contributed by atoms with E-state index in [1.807, 2.05) is 0 Å². The monoisotopic (exact) mass is 567 g/mol. The summed E-state index contributed by atoms with van der Waals surface area (Å²) in [6.45, 7) is 6.45. The minimum atomic E-state index is -1.42.